The standard InChI is InChI=1S/C22H19FN4O2.C2H6/c1-14-3-6-16(9-18(14)20-19(29-2)11-25-26-20)21(28)27-12-22(23,13-27)17-7-4-15(10-24)5-8-17;1-2/h3-9,11H,12-13H2,1-2H3,(H,25,26);1-2H3. The lowest BCUT2D eigenvalue weighted by molar-refractivity contribution is -0.0231. The molecule has 0 atom stereocenters. The van der Waals surface area contributed by atoms with Crippen molar-refractivity contribution in [3.05, 3.63) is 70.9 Å². The molecule has 0 radical (unpaired) electrons. The number of methoxy groups -OCH3 is 1. The maximum Gasteiger partial charge on any atom is 0.254 e. The average molecular weight is 420 g/mol. The predicted octanol–water partition coefficient (Wildman–Crippen LogP) is 4.61. The van der Waals surface area contributed by atoms with Gasteiger partial charge in [0.15, 0.2) is 11.4 Å². The average Bonchev–Trinajstić information content (AvgIpc) is 3.27. The number of H-pyrrole nitrogens is 1. The van der Waals surface area contributed by atoms with Crippen molar-refractivity contribution in [2.75, 3.05) is 20.2 Å². The number of benzene rings is 2. The summed E-state index contributed by atoms with van der Waals surface area (Å²) in [5, 5.41) is 15.8. The number of carbonyl (C=O) groups excluding carboxylic acids is 1. The molecule has 4 rings (SSSR count). The summed E-state index contributed by atoms with van der Waals surface area (Å²) in [5.74, 6) is 0.358. The number of aromatic amines is 1. The zero-order valence-corrected chi connectivity index (χ0v) is 18.1. The highest BCUT2D eigenvalue weighted by atomic mass is 19.1. The molecule has 1 N–H and O–H groups in total. The minimum atomic E-state index is -1.59. The summed E-state index contributed by atoms with van der Waals surface area (Å²) < 4.78 is 20.5. The SMILES string of the molecule is CC.COc1cn[nH]c1-c1cc(C(=O)N2CC(F)(c3ccc(C#N)cc3)C2)ccc1C. The third-order valence-corrected chi connectivity index (χ3v) is 5.28. The van der Waals surface area contributed by atoms with Crippen molar-refractivity contribution in [2.45, 2.75) is 26.4 Å². The Bertz CT molecular complexity index is 1110. The van der Waals surface area contributed by atoms with Crippen molar-refractivity contribution in [3.8, 4) is 23.1 Å². The first kappa shape index (κ1) is 22.0. The number of ether oxygens (including phenoxy) is 1. The van der Waals surface area contributed by atoms with Gasteiger partial charge in [-0.05, 0) is 42.3 Å². The number of rotatable bonds is 4. The summed E-state index contributed by atoms with van der Waals surface area (Å²) in [6.45, 7) is 5.90. The van der Waals surface area contributed by atoms with Crippen LogP contribution in [-0.2, 0) is 5.67 Å². The van der Waals surface area contributed by atoms with Gasteiger partial charge >= 0.3 is 0 Å². The summed E-state index contributed by atoms with van der Waals surface area (Å²) in [7, 11) is 1.56. The fraction of sp³-hybridized carbons (Fsp3) is 0.292. The van der Waals surface area contributed by atoms with Gasteiger partial charge in [-0.25, -0.2) is 4.39 Å². The Morgan fingerprint density at radius 2 is 1.90 bits per heavy atom. The second-order valence-corrected chi connectivity index (χ2v) is 7.16. The van der Waals surface area contributed by atoms with Crippen molar-refractivity contribution in [1.29, 1.82) is 5.26 Å². The molecule has 160 valence electrons. The molecule has 1 aliphatic heterocycles. The minimum Gasteiger partial charge on any atom is -0.493 e. The van der Waals surface area contributed by atoms with Crippen molar-refractivity contribution in [1.82, 2.24) is 15.1 Å². The zero-order valence-electron chi connectivity index (χ0n) is 18.1. The molecular weight excluding hydrogens is 395 g/mol. The Morgan fingerprint density at radius 3 is 2.52 bits per heavy atom. The van der Waals surface area contributed by atoms with Gasteiger partial charge in [-0.2, -0.15) is 10.4 Å². The molecule has 0 unspecified atom stereocenters. The maximum atomic E-state index is 15.2. The molecule has 7 heteroatoms. The maximum absolute atomic E-state index is 15.2. The molecule has 3 aromatic rings. The Balaban J connectivity index is 0.00000132. The van der Waals surface area contributed by atoms with Crippen LogP contribution in [0.1, 0.15) is 40.9 Å². The number of nitriles is 1. The normalized spacial score (nSPS) is 14.0. The van der Waals surface area contributed by atoms with Gasteiger partial charge in [0, 0.05) is 11.1 Å². The third kappa shape index (κ3) is 4.15. The second-order valence-electron chi connectivity index (χ2n) is 7.16. The molecule has 31 heavy (non-hydrogen) atoms. The highest BCUT2D eigenvalue weighted by molar-refractivity contribution is 5.96. The highest BCUT2D eigenvalue weighted by Crippen LogP contribution is 2.37. The van der Waals surface area contributed by atoms with E-state index in [0.29, 0.717) is 28.1 Å². The first-order chi connectivity index (χ1) is 14.9. The van der Waals surface area contributed by atoms with E-state index in [4.69, 9.17) is 10.00 Å². The number of aryl methyl sites for hydroxylation is 1. The van der Waals surface area contributed by atoms with E-state index < -0.39 is 5.67 Å². The van der Waals surface area contributed by atoms with Crippen molar-refractivity contribution < 1.29 is 13.9 Å². The number of hydrogen-bond acceptors (Lipinski definition) is 4. The van der Waals surface area contributed by atoms with Crippen LogP contribution in [0.5, 0.6) is 5.75 Å². The molecule has 1 fully saturated rings. The molecule has 0 aliphatic carbocycles. The summed E-state index contributed by atoms with van der Waals surface area (Å²) >= 11 is 0. The van der Waals surface area contributed by atoms with Gasteiger partial charge in [0.25, 0.3) is 5.91 Å². The fourth-order valence-corrected chi connectivity index (χ4v) is 3.56. The quantitative estimate of drug-likeness (QED) is 0.668. The van der Waals surface area contributed by atoms with Crippen molar-refractivity contribution >= 4 is 5.91 Å². The molecule has 0 spiro atoms. The lowest BCUT2D eigenvalue weighted by Crippen LogP contribution is -2.58. The number of halogens is 1. The van der Waals surface area contributed by atoms with Gasteiger partial charge in [0.05, 0.1) is 38.0 Å². The van der Waals surface area contributed by atoms with Gasteiger partial charge in [0.2, 0.25) is 0 Å². The number of amides is 1. The monoisotopic (exact) mass is 420 g/mol. The molecule has 0 saturated carbocycles. The van der Waals surface area contributed by atoms with Crippen LogP contribution in [-0.4, -0.2) is 41.2 Å². The predicted molar refractivity (Wildman–Crippen MR) is 117 cm³/mol. The molecule has 2 heterocycles. The smallest absolute Gasteiger partial charge is 0.254 e. The van der Waals surface area contributed by atoms with E-state index in [-0.39, 0.29) is 19.0 Å². The molecule has 0 bridgehead atoms. The van der Waals surface area contributed by atoms with E-state index in [0.717, 1.165) is 11.1 Å². The van der Waals surface area contributed by atoms with Gasteiger partial charge in [0.1, 0.15) is 5.69 Å². The number of hydrogen-bond donors (Lipinski definition) is 1. The Kier molecular flexibility index (Phi) is 6.40. The number of aromatic nitrogens is 2. The molecule has 1 aliphatic rings. The van der Waals surface area contributed by atoms with Crippen LogP contribution in [0.25, 0.3) is 11.3 Å². The van der Waals surface area contributed by atoms with Crippen LogP contribution < -0.4 is 4.74 Å². The molecule has 6 nitrogen and oxygen atoms in total. The Labute approximate surface area is 181 Å². The summed E-state index contributed by atoms with van der Waals surface area (Å²) in [5.41, 5.74) is 2.31. The van der Waals surface area contributed by atoms with E-state index in [2.05, 4.69) is 10.2 Å². The first-order valence-electron chi connectivity index (χ1n) is 10.1. The van der Waals surface area contributed by atoms with E-state index in [1.165, 1.54) is 4.90 Å². The van der Waals surface area contributed by atoms with Crippen LogP contribution in [0.15, 0.2) is 48.7 Å². The number of nitrogens with zero attached hydrogens (tertiary/aromatic N) is 3. The topological polar surface area (TPSA) is 82.0 Å². The van der Waals surface area contributed by atoms with Gasteiger partial charge in [-0.15, -0.1) is 0 Å². The van der Waals surface area contributed by atoms with E-state index in [9.17, 15) is 4.79 Å². The zero-order chi connectivity index (χ0) is 22.6. The Hall–Kier alpha value is -3.66. The lowest BCUT2D eigenvalue weighted by atomic mass is 9.87. The second kappa shape index (κ2) is 9.00. The lowest BCUT2D eigenvalue weighted by Gasteiger charge is -2.44. The number of nitrogens with one attached hydrogen (secondary N) is 1. The largest absolute Gasteiger partial charge is 0.493 e. The summed E-state index contributed by atoms with van der Waals surface area (Å²) in [4.78, 5) is 14.4. The van der Waals surface area contributed by atoms with E-state index in [1.807, 2.05) is 32.9 Å². The highest BCUT2D eigenvalue weighted by Gasteiger charge is 2.47. The number of carbonyl (C=O) groups is 1. The third-order valence-electron chi connectivity index (χ3n) is 5.28. The van der Waals surface area contributed by atoms with E-state index in [1.54, 1.807) is 49.7 Å². The van der Waals surface area contributed by atoms with Crippen molar-refractivity contribution in [3.63, 3.8) is 0 Å². The van der Waals surface area contributed by atoms with E-state index >= 15 is 4.39 Å². The van der Waals surface area contributed by atoms with Crippen LogP contribution in [0.2, 0.25) is 0 Å². The molecule has 2 aromatic carbocycles. The molecule has 1 saturated heterocycles. The molecule has 1 amide bonds. The number of alkyl halides is 1. The summed E-state index contributed by atoms with van der Waals surface area (Å²) in [6, 6.07) is 13.8. The molecular formula is C24H25FN4O2. The van der Waals surface area contributed by atoms with Gasteiger partial charge in [-0.3, -0.25) is 9.89 Å². The summed E-state index contributed by atoms with van der Waals surface area (Å²) in [6.07, 6.45) is 1.58. The minimum absolute atomic E-state index is 0.0195. The molecule has 1 aromatic heterocycles. The number of likely N-dealkylation sites (tertiary alicyclic amines) is 1. The van der Waals surface area contributed by atoms with Crippen LogP contribution >= 0.6 is 0 Å². The Morgan fingerprint density at radius 1 is 1.23 bits per heavy atom. The van der Waals surface area contributed by atoms with Crippen LogP contribution in [0, 0.1) is 18.3 Å². The van der Waals surface area contributed by atoms with Crippen LogP contribution in [0.4, 0.5) is 4.39 Å². The van der Waals surface area contributed by atoms with Crippen LogP contribution in [0.3, 0.4) is 0 Å². The van der Waals surface area contributed by atoms with Gasteiger partial charge in [-0.1, -0.05) is 32.0 Å². The van der Waals surface area contributed by atoms with Crippen molar-refractivity contribution in [2.24, 2.45) is 0 Å². The fourth-order valence-electron chi connectivity index (χ4n) is 3.56. The van der Waals surface area contributed by atoms with Gasteiger partial charge < -0.3 is 9.64 Å². The first-order valence-corrected chi connectivity index (χ1v) is 10.1.